The zero-order valence-electron chi connectivity index (χ0n) is 10.4. The number of aliphatic imine (C=N–C) groups is 1. The lowest BCUT2D eigenvalue weighted by molar-refractivity contribution is 0.511. The summed E-state index contributed by atoms with van der Waals surface area (Å²) in [5.41, 5.74) is 0.0551. The average Bonchev–Trinajstić information content (AvgIpc) is 2.51. The van der Waals surface area contributed by atoms with E-state index >= 15 is 0 Å². The molecule has 18 heavy (non-hydrogen) atoms. The first-order chi connectivity index (χ1) is 8.24. The van der Waals surface area contributed by atoms with Gasteiger partial charge in [0.2, 0.25) is 0 Å². The Morgan fingerprint density at radius 1 is 1.33 bits per heavy atom. The largest absolute Gasteiger partial charge is 0.263 e. The molecular weight excluding hydrogens is 272 g/mol. The summed E-state index contributed by atoms with van der Waals surface area (Å²) in [6.07, 6.45) is 0. The highest BCUT2D eigenvalue weighted by molar-refractivity contribution is 7.90. The van der Waals surface area contributed by atoms with E-state index in [4.69, 9.17) is 11.6 Å². The summed E-state index contributed by atoms with van der Waals surface area (Å²) in [5, 5.41) is -0.206. The molecule has 0 aliphatic carbocycles. The second kappa shape index (κ2) is 4.24. The van der Waals surface area contributed by atoms with Crippen LogP contribution in [0.4, 0.5) is 0 Å². The maximum absolute atomic E-state index is 11.9. The number of alkyl halides is 1. The number of hydrogen-bond donors (Lipinski definition) is 1. The fourth-order valence-corrected chi connectivity index (χ4v) is 2.87. The number of nitrogens with one attached hydrogen (secondary N) is 1. The molecule has 0 fully saturated rings. The Morgan fingerprint density at radius 3 is 2.56 bits per heavy atom. The first kappa shape index (κ1) is 13.4. The molecule has 1 unspecified atom stereocenters. The third-order valence-electron chi connectivity index (χ3n) is 3.04. The van der Waals surface area contributed by atoms with Crippen LogP contribution in [0.5, 0.6) is 0 Å². The highest BCUT2D eigenvalue weighted by atomic mass is 35.5. The topological polar surface area (TPSA) is 58.5 Å². The summed E-state index contributed by atoms with van der Waals surface area (Å²) in [6, 6.07) is 6.78. The molecule has 0 radical (unpaired) electrons. The summed E-state index contributed by atoms with van der Waals surface area (Å²) in [7, 11) is -3.48. The third-order valence-corrected chi connectivity index (χ3v) is 4.97. The van der Waals surface area contributed by atoms with Crippen molar-refractivity contribution in [3.63, 3.8) is 0 Å². The maximum atomic E-state index is 11.9. The van der Waals surface area contributed by atoms with Gasteiger partial charge in [0, 0.05) is 5.56 Å². The van der Waals surface area contributed by atoms with E-state index < -0.39 is 15.6 Å². The highest BCUT2D eigenvalue weighted by Crippen LogP contribution is 2.26. The number of fused-ring (bicyclic) bond motifs is 1. The molecule has 1 atom stereocenters. The number of nitrogens with zero attached hydrogens (tertiary/aromatic N) is 1. The number of benzene rings is 1. The van der Waals surface area contributed by atoms with Crippen molar-refractivity contribution in [2.45, 2.75) is 36.6 Å². The van der Waals surface area contributed by atoms with E-state index in [0.29, 0.717) is 11.4 Å². The van der Waals surface area contributed by atoms with Gasteiger partial charge in [0.05, 0.1) is 15.8 Å². The standard InChI is InChI=1S/C12H15ClN2O2S/c1-8(13)12(2,3)14-11-9-6-4-5-7-10(9)18(16,17)15-11/h4-8H,1-3H3,(H,14,15). The zero-order valence-corrected chi connectivity index (χ0v) is 12.0. The maximum Gasteiger partial charge on any atom is 0.263 e. The molecule has 0 bridgehead atoms. The van der Waals surface area contributed by atoms with Crippen LogP contribution in [-0.4, -0.2) is 25.2 Å². The molecule has 0 spiro atoms. The van der Waals surface area contributed by atoms with E-state index in [2.05, 4.69) is 9.71 Å². The third kappa shape index (κ3) is 2.24. The van der Waals surface area contributed by atoms with Gasteiger partial charge in [-0.1, -0.05) is 12.1 Å². The van der Waals surface area contributed by atoms with Crippen molar-refractivity contribution < 1.29 is 8.42 Å². The van der Waals surface area contributed by atoms with Gasteiger partial charge in [-0.15, -0.1) is 11.6 Å². The Balaban J connectivity index is 2.55. The molecule has 4 nitrogen and oxygen atoms in total. The molecule has 0 amide bonds. The number of halogens is 1. The van der Waals surface area contributed by atoms with Crippen molar-refractivity contribution in [2.24, 2.45) is 4.99 Å². The zero-order chi connectivity index (χ0) is 13.6. The number of sulfonamides is 1. The quantitative estimate of drug-likeness (QED) is 0.847. The smallest absolute Gasteiger partial charge is 0.263 e. The minimum atomic E-state index is -3.48. The lowest BCUT2D eigenvalue weighted by atomic mass is 10.0. The van der Waals surface area contributed by atoms with Crippen LogP contribution in [0.2, 0.25) is 0 Å². The van der Waals surface area contributed by atoms with Crippen molar-refractivity contribution in [3.05, 3.63) is 29.8 Å². The molecule has 1 aliphatic rings. The monoisotopic (exact) mass is 286 g/mol. The first-order valence-corrected chi connectivity index (χ1v) is 7.52. The summed E-state index contributed by atoms with van der Waals surface area (Å²) in [5.74, 6) is 0.364. The van der Waals surface area contributed by atoms with E-state index in [-0.39, 0.29) is 10.3 Å². The first-order valence-electron chi connectivity index (χ1n) is 5.60. The molecule has 0 saturated heterocycles. The predicted molar refractivity (Wildman–Crippen MR) is 72.7 cm³/mol. The van der Waals surface area contributed by atoms with Crippen LogP contribution in [0.25, 0.3) is 0 Å². The molecular formula is C12H15ClN2O2S. The number of amidine groups is 1. The van der Waals surface area contributed by atoms with E-state index in [1.807, 2.05) is 20.8 Å². The van der Waals surface area contributed by atoms with Crippen LogP contribution in [0, 0.1) is 0 Å². The number of hydrogen-bond acceptors (Lipinski definition) is 3. The van der Waals surface area contributed by atoms with Crippen molar-refractivity contribution in [1.29, 1.82) is 0 Å². The fraction of sp³-hybridized carbons (Fsp3) is 0.417. The van der Waals surface area contributed by atoms with Crippen LogP contribution in [-0.2, 0) is 10.0 Å². The van der Waals surface area contributed by atoms with Gasteiger partial charge in [-0.3, -0.25) is 9.71 Å². The second-order valence-corrected chi connectivity index (χ2v) is 7.14. The molecule has 2 rings (SSSR count). The van der Waals surface area contributed by atoms with Gasteiger partial charge >= 0.3 is 0 Å². The molecule has 0 aromatic heterocycles. The van der Waals surface area contributed by atoms with Crippen molar-refractivity contribution >= 4 is 27.5 Å². The SMILES string of the molecule is CC(Cl)C(C)(C)N=C1NS(=O)(=O)c2ccccc21. The summed E-state index contributed by atoms with van der Waals surface area (Å²) < 4.78 is 26.3. The summed E-state index contributed by atoms with van der Waals surface area (Å²) in [6.45, 7) is 5.57. The van der Waals surface area contributed by atoms with Gasteiger partial charge in [0.15, 0.2) is 0 Å². The van der Waals surface area contributed by atoms with Crippen molar-refractivity contribution in [1.82, 2.24) is 4.72 Å². The normalized spacial score (nSPS) is 21.4. The van der Waals surface area contributed by atoms with Gasteiger partial charge < -0.3 is 0 Å². The van der Waals surface area contributed by atoms with Crippen LogP contribution < -0.4 is 4.72 Å². The molecule has 1 aliphatic heterocycles. The van der Waals surface area contributed by atoms with E-state index in [9.17, 15) is 8.42 Å². The Bertz CT molecular complexity index is 606. The van der Waals surface area contributed by atoms with Gasteiger partial charge in [0.1, 0.15) is 5.84 Å². The highest BCUT2D eigenvalue weighted by Gasteiger charge is 2.33. The Hall–Kier alpha value is -1.07. The Labute approximate surface area is 112 Å². The Morgan fingerprint density at radius 2 is 1.94 bits per heavy atom. The summed E-state index contributed by atoms with van der Waals surface area (Å²) >= 11 is 6.06. The van der Waals surface area contributed by atoms with E-state index in [1.165, 1.54) is 0 Å². The summed E-state index contributed by atoms with van der Waals surface area (Å²) in [4.78, 5) is 4.70. The number of rotatable bonds is 2. The average molecular weight is 287 g/mol. The van der Waals surface area contributed by atoms with Gasteiger partial charge in [0.25, 0.3) is 10.0 Å². The molecule has 0 saturated carbocycles. The van der Waals surface area contributed by atoms with E-state index in [1.54, 1.807) is 24.3 Å². The molecule has 1 aromatic rings. The van der Waals surface area contributed by atoms with Crippen LogP contribution in [0.15, 0.2) is 34.2 Å². The fourth-order valence-electron chi connectivity index (χ4n) is 1.59. The van der Waals surface area contributed by atoms with Crippen molar-refractivity contribution in [3.8, 4) is 0 Å². The molecule has 1 heterocycles. The minimum Gasteiger partial charge on any atom is -0.263 e. The molecule has 1 aromatic carbocycles. The van der Waals surface area contributed by atoms with Gasteiger partial charge in [-0.25, -0.2) is 8.42 Å². The molecule has 1 N–H and O–H groups in total. The lowest BCUT2D eigenvalue weighted by Crippen LogP contribution is -2.32. The lowest BCUT2D eigenvalue weighted by Gasteiger charge is -2.23. The minimum absolute atomic E-state index is 0.206. The Kier molecular flexibility index (Phi) is 3.15. The van der Waals surface area contributed by atoms with Crippen LogP contribution in [0.1, 0.15) is 26.3 Å². The van der Waals surface area contributed by atoms with Crippen molar-refractivity contribution in [2.75, 3.05) is 0 Å². The molecule has 98 valence electrons. The van der Waals surface area contributed by atoms with E-state index in [0.717, 1.165) is 0 Å². The predicted octanol–water partition coefficient (Wildman–Crippen LogP) is 2.13. The second-order valence-electron chi connectivity index (χ2n) is 4.83. The van der Waals surface area contributed by atoms with Gasteiger partial charge in [-0.2, -0.15) is 0 Å². The van der Waals surface area contributed by atoms with Crippen LogP contribution in [0.3, 0.4) is 0 Å². The van der Waals surface area contributed by atoms with Crippen LogP contribution >= 0.6 is 11.6 Å². The molecule has 6 heteroatoms. The van der Waals surface area contributed by atoms with Gasteiger partial charge in [-0.05, 0) is 32.9 Å².